The van der Waals surface area contributed by atoms with Crippen molar-refractivity contribution < 1.29 is 21.6 Å². The van der Waals surface area contributed by atoms with Crippen LogP contribution in [0.25, 0.3) is 22.5 Å². The Morgan fingerprint density at radius 1 is 1.11 bits per heavy atom. The first-order valence-corrected chi connectivity index (χ1v) is 8.79. The van der Waals surface area contributed by atoms with Gasteiger partial charge < -0.3 is 5.41 Å². The van der Waals surface area contributed by atoms with Crippen molar-refractivity contribution in [3.8, 4) is 22.5 Å². The van der Waals surface area contributed by atoms with Crippen LogP contribution in [0.2, 0.25) is 0 Å². The first kappa shape index (κ1) is 18.7. The van der Waals surface area contributed by atoms with Crippen molar-refractivity contribution in [2.45, 2.75) is 11.1 Å². The van der Waals surface area contributed by atoms with Crippen LogP contribution >= 0.6 is 0 Å². The molecule has 0 bridgehead atoms. The van der Waals surface area contributed by atoms with Crippen molar-refractivity contribution in [1.29, 1.82) is 5.41 Å². The third-order valence-electron chi connectivity index (χ3n) is 3.70. The number of tetrazole rings is 1. The van der Waals surface area contributed by atoms with Crippen LogP contribution in [0.3, 0.4) is 0 Å². The molecule has 0 aliphatic heterocycles. The number of hydrogen-bond donors (Lipinski definition) is 3. The zero-order chi connectivity index (χ0) is 19.8. The third-order valence-corrected chi connectivity index (χ3v) is 4.70. The van der Waals surface area contributed by atoms with E-state index in [1.807, 2.05) is 0 Å². The van der Waals surface area contributed by atoms with E-state index in [9.17, 15) is 21.6 Å². The lowest BCUT2D eigenvalue weighted by Crippen LogP contribution is -2.21. The number of H-pyrrole nitrogens is 1. The Balaban J connectivity index is 2.43. The second kappa shape index (κ2) is 6.55. The molecule has 140 valence electrons. The molecule has 1 heterocycles. The number of nitrogens with two attached hydrogens (primary N) is 1. The fraction of sp³-hybridized carbons (Fsp3) is 0.0667. The van der Waals surface area contributed by atoms with Gasteiger partial charge in [-0.05, 0) is 28.0 Å². The lowest BCUT2D eigenvalue weighted by Gasteiger charge is -2.17. The normalized spacial score (nSPS) is 12.1. The summed E-state index contributed by atoms with van der Waals surface area (Å²) in [5.74, 6) is -0.351. The van der Waals surface area contributed by atoms with Crippen molar-refractivity contribution in [1.82, 2.24) is 20.6 Å². The Morgan fingerprint density at radius 2 is 1.78 bits per heavy atom. The fourth-order valence-electron chi connectivity index (χ4n) is 2.59. The van der Waals surface area contributed by atoms with Crippen molar-refractivity contribution >= 4 is 16.2 Å². The number of halogens is 3. The molecule has 1 aromatic heterocycles. The van der Waals surface area contributed by atoms with Gasteiger partial charge in [0, 0.05) is 6.21 Å². The molecule has 4 N–H and O–H groups in total. The lowest BCUT2D eigenvalue weighted by molar-refractivity contribution is -0.139. The highest BCUT2D eigenvalue weighted by molar-refractivity contribution is 7.89. The van der Waals surface area contributed by atoms with E-state index in [-0.39, 0.29) is 11.4 Å². The Kier molecular flexibility index (Phi) is 4.53. The van der Waals surface area contributed by atoms with Crippen LogP contribution in [0.1, 0.15) is 11.1 Å². The SMILES string of the molecule is N=Cc1ccc(-c2ccc(C(F)(F)F)c(S(N)(=O)=O)c2-c2nn[nH]n2)cc1. The molecule has 0 fully saturated rings. The van der Waals surface area contributed by atoms with Gasteiger partial charge in [-0.25, -0.2) is 13.6 Å². The molecule has 0 saturated carbocycles. The summed E-state index contributed by atoms with van der Waals surface area (Å²) in [7, 11) is -4.79. The molecule has 0 saturated heterocycles. The first-order chi connectivity index (χ1) is 12.6. The molecule has 8 nitrogen and oxygen atoms in total. The van der Waals surface area contributed by atoms with E-state index in [0.29, 0.717) is 17.2 Å². The standard InChI is InChI=1S/C15H11F3N6O2S/c16-15(17,18)11-6-5-10(9-3-1-8(7-19)2-4-9)12(13(11)27(20,25)26)14-21-23-24-22-14/h1-7,19H,(H2,20,25,26)(H,21,22,23,24). The number of primary sulfonamides is 1. The summed E-state index contributed by atoms with van der Waals surface area (Å²) in [5.41, 5.74) is -0.782. The van der Waals surface area contributed by atoms with Gasteiger partial charge in [0.25, 0.3) is 0 Å². The van der Waals surface area contributed by atoms with Gasteiger partial charge in [-0.3, -0.25) is 0 Å². The molecular weight excluding hydrogens is 385 g/mol. The highest BCUT2D eigenvalue weighted by Gasteiger charge is 2.39. The molecule has 0 aliphatic carbocycles. The molecule has 0 amide bonds. The molecule has 2 aromatic carbocycles. The Bertz CT molecular complexity index is 1090. The predicted octanol–water partition coefficient (Wildman–Crippen LogP) is 2.20. The highest BCUT2D eigenvalue weighted by atomic mass is 32.2. The number of benzene rings is 2. The Hall–Kier alpha value is -3.12. The molecule has 0 aliphatic rings. The summed E-state index contributed by atoms with van der Waals surface area (Å²) in [6, 6.07) is 7.91. The van der Waals surface area contributed by atoms with Gasteiger partial charge in [-0.15, -0.1) is 10.2 Å². The largest absolute Gasteiger partial charge is 0.417 e. The van der Waals surface area contributed by atoms with Crippen molar-refractivity contribution in [3.63, 3.8) is 0 Å². The molecule has 0 spiro atoms. The maximum atomic E-state index is 13.4. The summed E-state index contributed by atoms with van der Waals surface area (Å²) in [5, 5.41) is 25.0. The van der Waals surface area contributed by atoms with Gasteiger partial charge in [0.2, 0.25) is 15.8 Å². The van der Waals surface area contributed by atoms with Crippen LogP contribution in [-0.2, 0) is 16.2 Å². The van der Waals surface area contributed by atoms with E-state index in [1.54, 1.807) is 12.1 Å². The number of rotatable bonds is 4. The third kappa shape index (κ3) is 3.57. The second-order valence-corrected chi connectivity index (χ2v) is 6.91. The average molecular weight is 396 g/mol. The molecule has 3 aromatic rings. The van der Waals surface area contributed by atoms with Crippen molar-refractivity contribution in [2.24, 2.45) is 5.14 Å². The van der Waals surface area contributed by atoms with Crippen LogP contribution in [0, 0.1) is 5.41 Å². The molecule has 0 radical (unpaired) electrons. The average Bonchev–Trinajstić information content (AvgIpc) is 3.13. The maximum Gasteiger partial charge on any atom is 0.417 e. The molecule has 0 atom stereocenters. The summed E-state index contributed by atoms with van der Waals surface area (Å²) < 4.78 is 64.4. The smallest absolute Gasteiger partial charge is 0.308 e. The highest BCUT2D eigenvalue weighted by Crippen LogP contribution is 2.42. The first-order valence-electron chi connectivity index (χ1n) is 7.24. The minimum atomic E-state index is -4.97. The fourth-order valence-corrected chi connectivity index (χ4v) is 3.57. The van der Waals surface area contributed by atoms with E-state index in [4.69, 9.17) is 10.5 Å². The lowest BCUT2D eigenvalue weighted by atomic mass is 9.96. The van der Waals surface area contributed by atoms with Crippen LogP contribution in [0.15, 0.2) is 41.3 Å². The van der Waals surface area contributed by atoms with Crippen LogP contribution in [0.4, 0.5) is 13.2 Å². The van der Waals surface area contributed by atoms with Crippen LogP contribution < -0.4 is 5.14 Å². The van der Waals surface area contributed by atoms with Gasteiger partial charge >= 0.3 is 6.18 Å². The number of aromatic amines is 1. The van der Waals surface area contributed by atoms with Crippen molar-refractivity contribution in [3.05, 3.63) is 47.5 Å². The molecular formula is C15H11F3N6O2S. The number of hydrogen-bond acceptors (Lipinski definition) is 6. The minimum absolute atomic E-state index is 0.116. The van der Waals surface area contributed by atoms with Gasteiger partial charge in [0.15, 0.2) is 0 Å². The van der Waals surface area contributed by atoms with Crippen LogP contribution in [-0.4, -0.2) is 35.3 Å². The zero-order valence-corrected chi connectivity index (χ0v) is 14.1. The van der Waals surface area contributed by atoms with E-state index in [0.717, 1.165) is 12.3 Å². The van der Waals surface area contributed by atoms with E-state index in [2.05, 4.69) is 20.6 Å². The van der Waals surface area contributed by atoms with E-state index >= 15 is 0 Å². The monoisotopic (exact) mass is 396 g/mol. The Labute approximate surface area is 150 Å². The summed E-state index contributed by atoms with van der Waals surface area (Å²) in [6.45, 7) is 0. The predicted molar refractivity (Wildman–Crippen MR) is 89.3 cm³/mol. The number of nitrogens with one attached hydrogen (secondary N) is 2. The molecule has 3 rings (SSSR count). The minimum Gasteiger partial charge on any atom is -0.308 e. The van der Waals surface area contributed by atoms with E-state index in [1.165, 1.54) is 12.1 Å². The van der Waals surface area contributed by atoms with Gasteiger partial charge in [0.05, 0.1) is 11.1 Å². The second-order valence-electron chi connectivity index (χ2n) is 5.41. The number of aromatic nitrogens is 4. The van der Waals surface area contributed by atoms with Gasteiger partial charge in [0.1, 0.15) is 4.90 Å². The summed E-state index contributed by atoms with van der Waals surface area (Å²) in [4.78, 5) is -1.13. The molecule has 12 heteroatoms. The van der Waals surface area contributed by atoms with Crippen LogP contribution in [0.5, 0.6) is 0 Å². The Morgan fingerprint density at radius 3 is 2.26 bits per heavy atom. The topological polar surface area (TPSA) is 138 Å². The maximum absolute atomic E-state index is 13.4. The summed E-state index contributed by atoms with van der Waals surface area (Å²) >= 11 is 0. The summed E-state index contributed by atoms with van der Waals surface area (Å²) in [6.07, 6.45) is -3.88. The molecule has 0 unspecified atom stereocenters. The zero-order valence-electron chi connectivity index (χ0n) is 13.3. The van der Waals surface area contributed by atoms with Crippen molar-refractivity contribution in [2.75, 3.05) is 0 Å². The van der Waals surface area contributed by atoms with Gasteiger partial charge in [-0.1, -0.05) is 30.3 Å². The number of nitrogens with zero attached hydrogens (tertiary/aromatic N) is 3. The quantitative estimate of drug-likeness (QED) is 0.580. The number of sulfonamides is 1. The van der Waals surface area contributed by atoms with Gasteiger partial charge in [-0.2, -0.15) is 18.4 Å². The number of alkyl halides is 3. The molecule has 27 heavy (non-hydrogen) atoms. The van der Waals surface area contributed by atoms with E-state index < -0.39 is 32.2 Å².